The van der Waals surface area contributed by atoms with Gasteiger partial charge in [0.2, 0.25) is 0 Å². The molecule has 4 nitrogen and oxygen atoms in total. The molecule has 2 aromatic heterocycles. The van der Waals surface area contributed by atoms with E-state index in [1.165, 1.54) is 0 Å². The summed E-state index contributed by atoms with van der Waals surface area (Å²) in [6.45, 7) is 8.14. The van der Waals surface area contributed by atoms with E-state index in [0.717, 1.165) is 36.7 Å². The normalized spacial score (nSPS) is 11.3. The van der Waals surface area contributed by atoms with Crippen molar-refractivity contribution in [3.63, 3.8) is 0 Å². The maximum Gasteiger partial charge on any atom is 0.143 e. The van der Waals surface area contributed by atoms with Crippen LogP contribution in [-0.2, 0) is 13.1 Å². The molecular formula is C14H21N3O. The minimum absolute atomic E-state index is 0.443. The summed E-state index contributed by atoms with van der Waals surface area (Å²) in [4.78, 5) is 4.44. The topological polar surface area (TPSA) is 43.0 Å². The highest BCUT2D eigenvalue weighted by atomic mass is 16.3. The molecule has 1 N–H and O–H groups in total. The number of nitrogens with zero attached hydrogens (tertiary/aromatic N) is 2. The van der Waals surface area contributed by atoms with Crippen LogP contribution in [0.5, 0.6) is 0 Å². The van der Waals surface area contributed by atoms with Crippen molar-refractivity contribution < 1.29 is 4.42 Å². The van der Waals surface area contributed by atoms with Crippen molar-refractivity contribution in [3.05, 3.63) is 30.5 Å². The van der Waals surface area contributed by atoms with Crippen LogP contribution in [0.1, 0.15) is 33.0 Å². The standard InChI is InChI=1S/C14H21N3O/c1-4-7-17-8-6-15-14(17)12-5-9-18-13(12)10-16-11(2)3/h5-6,8-9,11,16H,4,7,10H2,1-3H3. The van der Waals surface area contributed by atoms with Crippen LogP contribution in [0, 0.1) is 0 Å². The first kappa shape index (κ1) is 12.9. The van der Waals surface area contributed by atoms with Crippen molar-refractivity contribution in [2.75, 3.05) is 0 Å². The Hall–Kier alpha value is -1.55. The summed E-state index contributed by atoms with van der Waals surface area (Å²) in [7, 11) is 0. The first-order chi connectivity index (χ1) is 8.72. The highest BCUT2D eigenvalue weighted by Gasteiger charge is 2.13. The lowest BCUT2D eigenvalue weighted by Gasteiger charge is -2.09. The molecule has 0 aliphatic heterocycles. The van der Waals surface area contributed by atoms with Crippen molar-refractivity contribution in [1.82, 2.24) is 14.9 Å². The molecule has 18 heavy (non-hydrogen) atoms. The Labute approximate surface area is 108 Å². The number of aromatic nitrogens is 2. The number of nitrogens with one attached hydrogen (secondary N) is 1. The zero-order valence-electron chi connectivity index (χ0n) is 11.3. The molecule has 0 saturated heterocycles. The van der Waals surface area contributed by atoms with Crippen molar-refractivity contribution in [3.8, 4) is 11.4 Å². The molecule has 0 saturated carbocycles. The number of hydrogen-bond acceptors (Lipinski definition) is 3. The molecule has 0 unspecified atom stereocenters. The minimum Gasteiger partial charge on any atom is -0.467 e. The lowest BCUT2D eigenvalue weighted by atomic mass is 10.2. The largest absolute Gasteiger partial charge is 0.467 e. The average Bonchev–Trinajstić information content (AvgIpc) is 2.94. The van der Waals surface area contributed by atoms with Gasteiger partial charge in [-0.1, -0.05) is 20.8 Å². The summed E-state index contributed by atoms with van der Waals surface area (Å²) >= 11 is 0. The first-order valence-electron chi connectivity index (χ1n) is 6.53. The second-order valence-corrected chi connectivity index (χ2v) is 4.74. The van der Waals surface area contributed by atoms with Gasteiger partial charge in [-0.15, -0.1) is 0 Å². The van der Waals surface area contributed by atoms with Crippen LogP contribution in [0.2, 0.25) is 0 Å². The first-order valence-corrected chi connectivity index (χ1v) is 6.53. The second-order valence-electron chi connectivity index (χ2n) is 4.74. The summed E-state index contributed by atoms with van der Waals surface area (Å²) in [6.07, 6.45) is 6.70. The van der Waals surface area contributed by atoms with Crippen LogP contribution in [0.25, 0.3) is 11.4 Å². The van der Waals surface area contributed by atoms with Gasteiger partial charge in [-0.3, -0.25) is 0 Å². The average molecular weight is 247 g/mol. The monoisotopic (exact) mass is 247 g/mol. The molecule has 0 atom stereocenters. The van der Waals surface area contributed by atoms with Gasteiger partial charge in [0.05, 0.1) is 18.4 Å². The molecule has 0 aliphatic rings. The number of aryl methyl sites for hydroxylation is 1. The molecule has 0 bridgehead atoms. The van der Waals surface area contributed by atoms with E-state index in [4.69, 9.17) is 4.42 Å². The van der Waals surface area contributed by atoms with Gasteiger partial charge in [0.1, 0.15) is 11.6 Å². The number of furan rings is 1. The number of imidazole rings is 1. The van der Waals surface area contributed by atoms with E-state index in [1.807, 2.05) is 18.5 Å². The van der Waals surface area contributed by atoms with Gasteiger partial charge < -0.3 is 14.3 Å². The molecule has 0 aromatic carbocycles. The van der Waals surface area contributed by atoms with Crippen molar-refractivity contribution in [2.24, 2.45) is 0 Å². The number of rotatable bonds is 6. The van der Waals surface area contributed by atoms with Gasteiger partial charge >= 0.3 is 0 Å². The SMILES string of the molecule is CCCn1ccnc1-c1ccoc1CNC(C)C. The quantitative estimate of drug-likeness (QED) is 0.853. The molecule has 0 fully saturated rings. The third-order valence-corrected chi connectivity index (χ3v) is 2.84. The lowest BCUT2D eigenvalue weighted by Crippen LogP contribution is -2.21. The van der Waals surface area contributed by atoms with Gasteiger partial charge in [0.25, 0.3) is 0 Å². The zero-order valence-corrected chi connectivity index (χ0v) is 11.3. The highest BCUT2D eigenvalue weighted by molar-refractivity contribution is 5.57. The Morgan fingerprint density at radius 3 is 3.00 bits per heavy atom. The molecular weight excluding hydrogens is 226 g/mol. The Morgan fingerprint density at radius 1 is 1.44 bits per heavy atom. The molecule has 0 radical (unpaired) electrons. The summed E-state index contributed by atoms with van der Waals surface area (Å²) in [5.74, 6) is 1.94. The molecule has 0 aliphatic carbocycles. The minimum atomic E-state index is 0.443. The molecule has 4 heteroatoms. The molecule has 0 amide bonds. The Bertz CT molecular complexity index is 485. The Balaban J connectivity index is 2.22. The lowest BCUT2D eigenvalue weighted by molar-refractivity contribution is 0.465. The third-order valence-electron chi connectivity index (χ3n) is 2.84. The van der Waals surface area contributed by atoms with Gasteiger partial charge in [-0.05, 0) is 12.5 Å². The Morgan fingerprint density at radius 2 is 2.28 bits per heavy atom. The smallest absolute Gasteiger partial charge is 0.143 e. The fourth-order valence-electron chi connectivity index (χ4n) is 1.95. The van der Waals surface area contributed by atoms with E-state index in [9.17, 15) is 0 Å². The van der Waals surface area contributed by atoms with Crippen LogP contribution in [-0.4, -0.2) is 15.6 Å². The van der Waals surface area contributed by atoms with E-state index in [-0.39, 0.29) is 0 Å². The van der Waals surface area contributed by atoms with Crippen LogP contribution >= 0.6 is 0 Å². The summed E-state index contributed by atoms with van der Waals surface area (Å²) in [5.41, 5.74) is 1.08. The van der Waals surface area contributed by atoms with Gasteiger partial charge in [0.15, 0.2) is 0 Å². The van der Waals surface area contributed by atoms with Crippen LogP contribution in [0.4, 0.5) is 0 Å². The van der Waals surface area contributed by atoms with Crippen LogP contribution in [0.15, 0.2) is 29.1 Å². The van der Waals surface area contributed by atoms with Crippen LogP contribution in [0.3, 0.4) is 0 Å². The van der Waals surface area contributed by atoms with E-state index in [2.05, 4.69) is 35.6 Å². The Kier molecular flexibility index (Phi) is 4.20. The van der Waals surface area contributed by atoms with E-state index in [1.54, 1.807) is 6.26 Å². The summed E-state index contributed by atoms with van der Waals surface area (Å²) in [5, 5.41) is 3.37. The molecule has 98 valence electrons. The predicted molar refractivity (Wildman–Crippen MR) is 72.2 cm³/mol. The van der Waals surface area contributed by atoms with Crippen LogP contribution < -0.4 is 5.32 Å². The molecule has 2 rings (SSSR count). The molecule has 2 heterocycles. The fraction of sp³-hybridized carbons (Fsp3) is 0.500. The highest BCUT2D eigenvalue weighted by Crippen LogP contribution is 2.23. The van der Waals surface area contributed by atoms with Gasteiger partial charge in [-0.2, -0.15) is 0 Å². The van der Waals surface area contributed by atoms with Crippen molar-refractivity contribution >= 4 is 0 Å². The summed E-state index contributed by atoms with van der Waals surface area (Å²) in [6, 6.07) is 2.43. The maximum absolute atomic E-state index is 5.56. The third kappa shape index (κ3) is 2.82. The predicted octanol–water partition coefficient (Wildman–Crippen LogP) is 3.05. The van der Waals surface area contributed by atoms with Gasteiger partial charge in [0, 0.05) is 25.0 Å². The fourth-order valence-corrected chi connectivity index (χ4v) is 1.95. The summed E-state index contributed by atoms with van der Waals surface area (Å²) < 4.78 is 7.73. The maximum atomic E-state index is 5.56. The zero-order chi connectivity index (χ0) is 13.0. The molecule has 2 aromatic rings. The second kappa shape index (κ2) is 5.87. The van der Waals surface area contributed by atoms with Crippen molar-refractivity contribution in [2.45, 2.75) is 46.3 Å². The van der Waals surface area contributed by atoms with E-state index >= 15 is 0 Å². The van der Waals surface area contributed by atoms with Gasteiger partial charge in [-0.25, -0.2) is 4.98 Å². The molecule has 0 spiro atoms. The van der Waals surface area contributed by atoms with E-state index in [0.29, 0.717) is 6.04 Å². The number of hydrogen-bond donors (Lipinski definition) is 1. The van der Waals surface area contributed by atoms with Crippen molar-refractivity contribution in [1.29, 1.82) is 0 Å². The van der Waals surface area contributed by atoms with E-state index < -0.39 is 0 Å².